The highest BCUT2D eigenvalue weighted by molar-refractivity contribution is 5.88. The summed E-state index contributed by atoms with van der Waals surface area (Å²) >= 11 is 0. The molecule has 1 saturated heterocycles. The van der Waals surface area contributed by atoms with Crippen LogP contribution in [0, 0.1) is 6.57 Å². The fraction of sp³-hybridized carbons (Fsp3) is 0.389. The molecule has 0 aliphatic carbocycles. The highest BCUT2D eigenvalue weighted by atomic mass is 19.4. The van der Waals surface area contributed by atoms with Crippen molar-refractivity contribution >= 4 is 22.6 Å². The van der Waals surface area contributed by atoms with Gasteiger partial charge >= 0.3 is 12.1 Å². The molecule has 1 fully saturated rings. The summed E-state index contributed by atoms with van der Waals surface area (Å²) in [5, 5.41) is 11.8. The molecular weight excluding hydrogens is 611 g/mol. The molecule has 11 heteroatoms. The van der Waals surface area contributed by atoms with E-state index in [-0.39, 0.29) is 42.5 Å². The monoisotopic (exact) mass is 649 g/mol. The number of β-amino-alcohol motifs (C(OH)–C–C–N with tert-alkyl or cyclic N) is 1. The Labute approximate surface area is 272 Å². The summed E-state index contributed by atoms with van der Waals surface area (Å²) in [6.45, 7) is 9.75. The maximum absolute atomic E-state index is 14.9. The van der Waals surface area contributed by atoms with E-state index in [1.165, 1.54) is 25.4 Å². The van der Waals surface area contributed by atoms with E-state index in [0.29, 0.717) is 60.7 Å². The number of hydrogen-bond donors (Lipinski definition) is 1. The standard InChI is InChI=1S/C36H38F3N3O5/c1-4-46-34(43)21-26-10-13-32(33(20-26)45-3)47-28-15-17-41(18-16-28)24-35(44,36(37,38)39)30-23-42(19-14-25-8-6-5-7-9-25)31-22-27(40-2)11-12-29(30)31/h5-13,20,22-23,28,44H,4,14-19,21,24H2,1,3H3. The van der Waals surface area contributed by atoms with Crippen molar-refractivity contribution in [3.63, 3.8) is 0 Å². The molecule has 4 aromatic rings. The maximum atomic E-state index is 14.9. The lowest BCUT2D eigenvalue weighted by Gasteiger charge is -2.39. The summed E-state index contributed by atoms with van der Waals surface area (Å²) in [6.07, 6.45) is -2.30. The molecule has 3 aromatic carbocycles. The van der Waals surface area contributed by atoms with Crippen molar-refractivity contribution in [2.75, 3.05) is 33.4 Å². The van der Waals surface area contributed by atoms with Gasteiger partial charge in [-0.3, -0.25) is 9.69 Å². The van der Waals surface area contributed by atoms with Gasteiger partial charge in [0, 0.05) is 48.8 Å². The van der Waals surface area contributed by atoms with Crippen LogP contribution in [0.1, 0.15) is 36.5 Å². The van der Waals surface area contributed by atoms with Crippen LogP contribution in [0.15, 0.2) is 72.9 Å². The zero-order valence-corrected chi connectivity index (χ0v) is 26.4. The second-order valence-corrected chi connectivity index (χ2v) is 11.7. The van der Waals surface area contributed by atoms with Crippen LogP contribution in [-0.4, -0.2) is 66.2 Å². The lowest BCUT2D eigenvalue weighted by atomic mass is 9.91. The summed E-state index contributed by atoms with van der Waals surface area (Å²) in [7, 11) is 1.50. The minimum absolute atomic E-state index is 0.0946. The number of nitrogens with zero attached hydrogens (tertiary/aromatic N) is 3. The van der Waals surface area contributed by atoms with Crippen molar-refractivity contribution in [2.24, 2.45) is 0 Å². The number of piperidine rings is 1. The van der Waals surface area contributed by atoms with Crippen molar-refractivity contribution in [3.8, 4) is 11.5 Å². The number of halogens is 3. The van der Waals surface area contributed by atoms with Gasteiger partial charge < -0.3 is 23.9 Å². The van der Waals surface area contributed by atoms with Gasteiger partial charge in [0.05, 0.1) is 26.7 Å². The second-order valence-electron chi connectivity index (χ2n) is 11.7. The number of benzene rings is 3. The molecule has 0 amide bonds. The van der Waals surface area contributed by atoms with Gasteiger partial charge in [-0.25, -0.2) is 4.85 Å². The Morgan fingerprint density at radius 2 is 1.77 bits per heavy atom. The van der Waals surface area contributed by atoms with E-state index in [9.17, 15) is 23.1 Å². The predicted octanol–water partition coefficient (Wildman–Crippen LogP) is 6.84. The van der Waals surface area contributed by atoms with E-state index in [0.717, 1.165) is 5.56 Å². The molecule has 2 heterocycles. The van der Waals surface area contributed by atoms with Crippen molar-refractivity contribution in [1.29, 1.82) is 0 Å². The molecule has 0 radical (unpaired) electrons. The van der Waals surface area contributed by atoms with Crippen LogP contribution in [0.2, 0.25) is 0 Å². The van der Waals surface area contributed by atoms with Crippen LogP contribution in [-0.2, 0) is 34.5 Å². The normalized spacial score (nSPS) is 15.6. The number of rotatable bonds is 12. The number of methoxy groups -OCH3 is 1. The van der Waals surface area contributed by atoms with Gasteiger partial charge in [-0.2, -0.15) is 13.2 Å². The smallest absolute Gasteiger partial charge is 0.422 e. The number of aryl methyl sites for hydroxylation is 2. The van der Waals surface area contributed by atoms with Gasteiger partial charge in [0.25, 0.3) is 0 Å². The van der Waals surface area contributed by atoms with Crippen molar-refractivity contribution < 1.29 is 37.3 Å². The first-order chi connectivity index (χ1) is 22.5. The summed E-state index contributed by atoms with van der Waals surface area (Å²) in [4.78, 5) is 17.0. The highest BCUT2D eigenvalue weighted by Gasteiger charge is 2.57. The Hall–Kier alpha value is -4.53. The third kappa shape index (κ3) is 7.72. The third-order valence-electron chi connectivity index (χ3n) is 8.56. The highest BCUT2D eigenvalue weighted by Crippen LogP contribution is 2.44. The van der Waals surface area contributed by atoms with E-state index in [1.54, 1.807) is 40.7 Å². The van der Waals surface area contributed by atoms with E-state index >= 15 is 0 Å². The first kappa shape index (κ1) is 33.8. The predicted molar refractivity (Wildman–Crippen MR) is 172 cm³/mol. The van der Waals surface area contributed by atoms with Gasteiger partial charge in [0.1, 0.15) is 6.10 Å². The Balaban J connectivity index is 1.32. The molecule has 1 aliphatic rings. The average Bonchev–Trinajstić information content (AvgIpc) is 3.43. The van der Waals surface area contributed by atoms with Gasteiger partial charge in [0.2, 0.25) is 5.60 Å². The van der Waals surface area contributed by atoms with E-state index in [2.05, 4.69) is 4.85 Å². The first-order valence-electron chi connectivity index (χ1n) is 15.6. The summed E-state index contributed by atoms with van der Waals surface area (Å²) < 4.78 is 63.0. The fourth-order valence-corrected chi connectivity index (χ4v) is 6.07. The number of carbonyl (C=O) groups is 1. The summed E-state index contributed by atoms with van der Waals surface area (Å²) in [5.74, 6) is 0.581. The minimum Gasteiger partial charge on any atom is -0.493 e. The molecule has 1 aliphatic heterocycles. The average molecular weight is 650 g/mol. The molecular formula is C36H38F3N3O5. The van der Waals surface area contributed by atoms with Gasteiger partial charge in [-0.05, 0) is 55.5 Å². The maximum Gasteiger partial charge on any atom is 0.422 e. The number of hydrogen-bond acceptors (Lipinski definition) is 6. The molecule has 248 valence electrons. The minimum atomic E-state index is -4.96. The molecule has 0 bridgehead atoms. The zero-order valence-electron chi connectivity index (χ0n) is 26.4. The van der Waals surface area contributed by atoms with Crippen molar-refractivity contribution in [1.82, 2.24) is 9.47 Å². The van der Waals surface area contributed by atoms with Crippen LogP contribution in [0.5, 0.6) is 11.5 Å². The van der Waals surface area contributed by atoms with E-state index in [4.69, 9.17) is 20.8 Å². The van der Waals surface area contributed by atoms with Crippen molar-refractivity contribution in [2.45, 2.75) is 57.0 Å². The Morgan fingerprint density at radius 1 is 1.02 bits per heavy atom. The van der Waals surface area contributed by atoms with Crippen LogP contribution >= 0.6 is 0 Å². The Bertz CT molecular complexity index is 1730. The molecule has 0 saturated carbocycles. The molecule has 1 aromatic heterocycles. The fourth-order valence-electron chi connectivity index (χ4n) is 6.07. The number of fused-ring (bicyclic) bond motifs is 1. The summed E-state index contributed by atoms with van der Waals surface area (Å²) in [5.41, 5.74) is -0.850. The number of aliphatic hydroxyl groups is 1. The number of ether oxygens (including phenoxy) is 3. The lowest BCUT2D eigenvalue weighted by molar-refractivity contribution is -0.272. The molecule has 1 atom stereocenters. The first-order valence-corrected chi connectivity index (χ1v) is 15.6. The quantitative estimate of drug-likeness (QED) is 0.134. The van der Waals surface area contributed by atoms with Crippen LogP contribution in [0.25, 0.3) is 15.7 Å². The van der Waals surface area contributed by atoms with E-state index in [1.807, 2.05) is 30.3 Å². The molecule has 1 unspecified atom stereocenters. The van der Waals surface area contributed by atoms with Gasteiger partial charge in [0.15, 0.2) is 17.2 Å². The zero-order chi connectivity index (χ0) is 33.6. The van der Waals surface area contributed by atoms with E-state index < -0.39 is 18.3 Å². The lowest BCUT2D eigenvalue weighted by Crippen LogP contribution is -2.53. The molecule has 1 N–H and O–H groups in total. The summed E-state index contributed by atoms with van der Waals surface area (Å²) in [6, 6.07) is 19.4. The molecule has 5 rings (SSSR count). The van der Waals surface area contributed by atoms with Crippen LogP contribution < -0.4 is 9.47 Å². The van der Waals surface area contributed by atoms with Crippen LogP contribution in [0.3, 0.4) is 0 Å². The topological polar surface area (TPSA) is 77.5 Å². The van der Waals surface area contributed by atoms with Crippen molar-refractivity contribution in [3.05, 3.63) is 101 Å². The van der Waals surface area contributed by atoms with Crippen LogP contribution in [0.4, 0.5) is 18.9 Å². The number of esters is 1. The number of alkyl halides is 3. The second kappa shape index (κ2) is 14.5. The SMILES string of the molecule is [C-]#[N+]c1ccc2c(C(O)(CN3CCC(Oc4ccc(CC(=O)OCC)cc4OC)CC3)C(F)(F)F)cn(CCc3ccccc3)c2c1. The Kier molecular flexibility index (Phi) is 10.4. The molecule has 0 spiro atoms. The van der Waals surface area contributed by atoms with Gasteiger partial charge in [-0.15, -0.1) is 0 Å². The number of likely N-dealkylation sites (tertiary alicyclic amines) is 1. The van der Waals surface area contributed by atoms with Gasteiger partial charge in [-0.1, -0.05) is 48.5 Å². The largest absolute Gasteiger partial charge is 0.493 e. The number of aromatic nitrogens is 1. The third-order valence-corrected chi connectivity index (χ3v) is 8.56. The number of carbonyl (C=O) groups excluding carboxylic acids is 1. The molecule has 47 heavy (non-hydrogen) atoms. The molecule has 8 nitrogen and oxygen atoms in total. The Morgan fingerprint density at radius 3 is 2.43 bits per heavy atom.